The predicted octanol–water partition coefficient (Wildman–Crippen LogP) is 4.85. The lowest BCUT2D eigenvalue weighted by Crippen LogP contribution is -2.35. The van der Waals surface area contributed by atoms with Crippen LogP contribution in [0.1, 0.15) is 12.5 Å². The molecule has 0 nitrogen and oxygen atoms in total. The molecule has 0 aliphatic heterocycles. The standard InChI is InChI=1S/C9H6BrClF4/c1-8(12,13)9(14,15)6-3-2-5(10)4-7(6)11/h2-4H,1H3. The Bertz CT molecular complexity index is 373. The van der Waals surface area contributed by atoms with E-state index in [0.29, 0.717) is 4.47 Å². The summed E-state index contributed by atoms with van der Waals surface area (Å²) in [6.45, 7) is 0.158. The Morgan fingerprint density at radius 2 is 1.73 bits per heavy atom. The largest absolute Gasteiger partial charge is 0.336 e. The maximum Gasteiger partial charge on any atom is 0.336 e. The van der Waals surface area contributed by atoms with Gasteiger partial charge < -0.3 is 0 Å². The molecule has 15 heavy (non-hydrogen) atoms. The molecule has 0 spiro atoms. The van der Waals surface area contributed by atoms with E-state index in [4.69, 9.17) is 11.6 Å². The van der Waals surface area contributed by atoms with Gasteiger partial charge in [0.15, 0.2) is 0 Å². The molecule has 0 N–H and O–H groups in total. The van der Waals surface area contributed by atoms with Crippen LogP contribution < -0.4 is 0 Å². The number of rotatable bonds is 2. The fourth-order valence-corrected chi connectivity index (χ4v) is 1.77. The van der Waals surface area contributed by atoms with Gasteiger partial charge in [-0.05, 0) is 12.1 Å². The normalized spacial score (nSPS) is 13.0. The van der Waals surface area contributed by atoms with Gasteiger partial charge in [-0.1, -0.05) is 33.6 Å². The van der Waals surface area contributed by atoms with Crippen molar-refractivity contribution in [2.75, 3.05) is 0 Å². The van der Waals surface area contributed by atoms with Crippen LogP contribution in [0.3, 0.4) is 0 Å². The van der Waals surface area contributed by atoms with Crippen LogP contribution in [0.15, 0.2) is 22.7 Å². The van der Waals surface area contributed by atoms with Gasteiger partial charge in [0.1, 0.15) is 0 Å². The first-order valence-corrected chi connectivity index (χ1v) is 5.04. The maximum atomic E-state index is 13.2. The molecule has 6 heteroatoms. The van der Waals surface area contributed by atoms with E-state index >= 15 is 0 Å². The Hall–Kier alpha value is -0.290. The second-order valence-electron chi connectivity index (χ2n) is 3.09. The van der Waals surface area contributed by atoms with Crippen LogP contribution in [-0.4, -0.2) is 5.92 Å². The molecule has 0 aliphatic rings. The van der Waals surface area contributed by atoms with Crippen LogP contribution >= 0.6 is 27.5 Å². The smallest absolute Gasteiger partial charge is 0.200 e. The van der Waals surface area contributed by atoms with E-state index in [-0.39, 0.29) is 6.92 Å². The number of hydrogen-bond acceptors (Lipinski definition) is 0. The third-order valence-corrected chi connectivity index (χ3v) is 2.63. The highest BCUT2D eigenvalue weighted by Gasteiger charge is 2.54. The van der Waals surface area contributed by atoms with Crippen molar-refractivity contribution in [1.29, 1.82) is 0 Å². The van der Waals surface area contributed by atoms with E-state index in [1.165, 1.54) is 6.07 Å². The fourth-order valence-electron chi connectivity index (χ4n) is 0.981. The summed E-state index contributed by atoms with van der Waals surface area (Å²) in [4.78, 5) is 0. The van der Waals surface area contributed by atoms with Crippen molar-refractivity contribution >= 4 is 27.5 Å². The van der Waals surface area contributed by atoms with Crippen molar-refractivity contribution < 1.29 is 17.6 Å². The Morgan fingerprint density at radius 1 is 1.20 bits per heavy atom. The van der Waals surface area contributed by atoms with Crippen molar-refractivity contribution in [2.45, 2.75) is 18.8 Å². The van der Waals surface area contributed by atoms with Gasteiger partial charge in [-0.15, -0.1) is 0 Å². The quantitative estimate of drug-likeness (QED) is 0.685. The Morgan fingerprint density at radius 3 is 2.13 bits per heavy atom. The highest BCUT2D eigenvalue weighted by atomic mass is 79.9. The zero-order chi connectivity index (χ0) is 11.9. The summed E-state index contributed by atoms with van der Waals surface area (Å²) in [5.41, 5.74) is -0.875. The third-order valence-electron chi connectivity index (χ3n) is 1.82. The molecule has 1 aromatic rings. The second-order valence-corrected chi connectivity index (χ2v) is 4.41. The van der Waals surface area contributed by atoms with Gasteiger partial charge >= 0.3 is 11.8 Å². The molecule has 1 aromatic carbocycles. The number of hydrogen-bond donors (Lipinski definition) is 0. The van der Waals surface area contributed by atoms with Gasteiger partial charge in [-0.3, -0.25) is 0 Å². The van der Waals surface area contributed by atoms with Crippen molar-refractivity contribution in [1.82, 2.24) is 0 Å². The molecular weight excluding hydrogens is 299 g/mol. The van der Waals surface area contributed by atoms with Gasteiger partial charge in [0.2, 0.25) is 0 Å². The Labute approximate surface area is 97.4 Å². The molecule has 0 atom stereocenters. The summed E-state index contributed by atoms with van der Waals surface area (Å²) < 4.78 is 52.2. The lowest BCUT2D eigenvalue weighted by atomic mass is 10.0. The monoisotopic (exact) mass is 304 g/mol. The summed E-state index contributed by atoms with van der Waals surface area (Å²) in [6.07, 6.45) is 0. The molecule has 0 saturated heterocycles. The van der Waals surface area contributed by atoms with Crippen molar-refractivity contribution in [3.05, 3.63) is 33.3 Å². The first kappa shape index (κ1) is 12.8. The van der Waals surface area contributed by atoms with E-state index in [1.807, 2.05) is 0 Å². The molecule has 0 heterocycles. The molecule has 0 fully saturated rings. The topological polar surface area (TPSA) is 0 Å². The summed E-state index contributed by atoms with van der Waals surface area (Å²) in [6, 6.07) is 3.27. The van der Waals surface area contributed by atoms with Gasteiger partial charge in [-0.2, -0.15) is 17.6 Å². The highest BCUT2D eigenvalue weighted by Crippen LogP contribution is 2.45. The van der Waals surface area contributed by atoms with Crippen LogP contribution in [0.2, 0.25) is 5.02 Å². The van der Waals surface area contributed by atoms with Gasteiger partial charge in [0, 0.05) is 17.0 Å². The SMILES string of the molecule is CC(F)(F)C(F)(F)c1ccc(Br)cc1Cl. The molecule has 0 bridgehead atoms. The zero-order valence-electron chi connectivity index (χ0n) is 7.50. The minimum atomic E-state index is -4.27. The predicted molar refractivity (Wildman–Crippen MR) is 53.7 cm³/mol. The van der Waals surface area contributed by atoms with Gasteiger partial charge in [0.25, 0.3) is 0 Å². The lowest BCUT2D eigenvalue weighted by Gasteiger charge is -2.24. The van der Waals surface area contributed by atoms with Crippen molar-refractivity contribution in [2.24, 2.45) is 0 Å². The molecule has 1 rings (SSSR count). The molecular formula is C9H6BrClF4. The number of alkyl halides is 4. The molecule has 0 aromatic heterocycles. The molecule has 84 valence electrons. The summed E-state index contributed by atoms with van der Waals surface area (Å²) in [5, 5.41) is -0.393. The summed E-state index contributed by atoms with van der Waals surface area (Å²) in [5.74, 6) is -8.42. The molecule has 0 amide bonds. The van der Waals surface area contributed by atoms with Crippen LogP contribution in [-0.2, 0) is 5.92 Å². The molecule has 0 radical (unpaired) electrons. The van der Waals surface area contributed by atoms with Crippen LogP contribution in [0.25, 0.3) is 0 Å². The van der Waals surface area contributed by atoms with E-state index < -0.39 is 22.4 Å². The average molecular weight is 305 g/mol. The lowest BCUT2D eigenvalue weighted by molar-refractivity contribution is -0.204. The van der Waals surface area contributed by atoms with E-state index in [1.54, 1.807) is 0 Å². The fraction of sp³-hybridized carbons (Fsp3) is 0.333. The number of halogens is 6. The Balaban J connectivity index is 3.28. The Kier molecular flexibility index (Phi) is 3.36. The first-order valence-electron chi connectivity index (χ1n) is 3.87. The van der Waals surface area contributed by atoms with E-state index in [2.05, 4.69) is 15.9 Å². The van der Waals surface area contributed by atoms with E-state index in [0.717, 1.165) is 12.1 Å². The molecule has 0 unspecified atom stereocenters. The first-order chi connectivity index (χ1) is 6.66. The summed E-state index contributed by atoms with van der Waals surface area (Å²) in [7, 11) is 0. The zero-order valence-corrected chi connectivity index (χ0v) is 9.84. The van der Waals surface area contributed by atoms with Gasteiger partial charge in [0.05, 0.1) is 5.02 Å². The van der Waals surface area contributed by atoms with Crippen molar-refractivity contribution in [3.63, 3.8) is 0 Å². The third kappa shape index (κ3) is 2.45. The highest BCUT2D eigenvalue weighted by molar-refractivity contribution is 9.10. The van der Waals surface area contributed by atoms with Crippen LogP contribution in [0.5, 0.6) is 0 Å². The average Bonchev–Trinajstić information content (AvgIpc) is 2.00. The minimum absolute atomic E-state index is 0.158. The molecule has 0 aliphatic carbocycles. The minimum Gasteiger partial charge on any atom is -0.200 e. The van der Waals surface area contributed by atoms with Crippen LogP contribution in [0, 0.1) is 0 Å². The maximum absolute atomic E-state index is 13.2. The molecule has 0 saturated carbocycles. The van der Waals surface area contributed by atoms with Crippen LogP contribution in [0.4, 0.5) is 17.6 Å². The van der Waals surface area contributed by atoms with E-state index in [9.17, 15) is 17.6 Å². The van der Waals surface area contributed by atoms with Crippen molar-refractivity contribution in [3.8, 4) is 0 Å². The van der Waals surface area contributed by atoms with Gasteiger partial charge in [-0.25, -0.2) is 0 Å². The summed E-state index contributed by atoms with van der Waals surface area (Å²) >= 11 is 8.47. The second kappa shape index (κ2) is 3.94. The number of benzene rings is 1.